The van der Waals surface area contributed by atoms with Crippen LogP contribution in [-0.2, 0) is 6.54 Å². The van der Waals surface area contributed by atoms with Crippen LogP contribution in [0.25, 0.3) is 10.9 Å². The maximum absolute atomic E-state index is 14.2. The van der Waals surface area contributed by atoms with E-state index in [4.69, 9.17) is 4.74 Å². The standard InChI is InChI=1S/C21H17FN4O2/c1-28-16-5-2-4-15(11-16)26(19-12-23-8-9-24-19)13-14-10-20(27)25-21-17(14)6-3-7-18(21)22/h2-12H,13H2,1H3,(H,25,27). The average molecular weight is 376 g/mol. The number of methoxy groups -OCH3 is 1. The quantitative estimate of drug-likeness (QED) is 0.574. The maximum Gasteiger partial charge on any atom is 0.248 e. The molecular formula is C21H17FN4O2. The van der Waals surface area contributed by atoms with Gasteiger partial charge in [-0.2, -0.15) is 0 Å². The third-order valence-corrected chi connectivity index (χ3v) is 4.43. The van der Waals surface area contributed by atoms with Crippen LogP contribution in [0.3, 0.4) is 0 Å². The number of hydrogen-bond acceptors (Lipinski definition) is 5. The minimum absolute atomic E-state index is 0.190. The Kier molecular flexibility index (Phi) is 4.72. The van der Waals surface area contributed by atoms with Crippen LogP contribution in [0, 0.1) is 5.82 Å². The highest BCUT2D eigenvalue weighted by molar-refractivity contribution is 5.83. The van der Waals surface area contributed by atoms with E-state index in [9.17, 15) is 9.18 Å². The predicted molar refractivity (Wildman–Crippen MR) is 105 cm³/mol. The Morgan fingerprint density at radius 2 is 2.00 bits per heavy atom. The SMILES string of the molecule is COc1cccc(N(Cc2cc(=O)[nH]c3c(F)cccc23)c2cnccn2)c1. The van der Waals surface area contributed by atoms with Crippen LogP contribution < -0.4 is 15.2 Å². The van der Waals surface area contributed by atoms with Gasteiger partial charge in [0.25, 0.3) is 0 Å². The van der Waals surface area contributed by atoms with Crippen LogP contribution in [0.4, 0.5) is 15.9 Å². The normalized spacial score (nSPS) is 10.8. The zero-order valence-corrected chi connectivity index (χ0v) is 15.1. The lowest BCUT2D eigenvalue weighted by atomic mass is 10.1. The number of fused-ring (bicyclic) bond motifs is 1. The first-order valence-electron chi connectivity index (χ1n) is 8.64. The molecule has 0 radical (unpaired) electrons. The molecule has 4 rings (SSSR count). The first kappa shape index (κ1) is 17.7. The molecule has 1 N–H and O–H groups in total. The Morgan fingerprint density at radius 1 is 1.14 bits per heavy atom. The van der Waals surface area contributed by atoms with Crippen molar-refractivity contribution in [1.82, 2.24) is 15.0 Å². The molecule has 0 aliphatic heterocycles. The molecule has 140 valence electrons. The zero-order chi connectivity index (χ0) is 19.5. The summed E-state index contributed by atoms with van der Waals surface area (Å²) in [6.45, 7) is 0.301. The molecule has 6 nitrogen and oxygen atoms in total. The molecule has 0 saturated carbocycles. The number of aromatic nitrogens is 3. The summed E-state index contributed by atoms with van der Waals surface area (Å²) >= 11 is 0. The van der Waals surface area contributed by atoms with Gasteiger partial charge < -0.3 is 14.6 Å². The number of nitrogens with one attached hydrogen (secondary N) is 1. The molecule has 0 aliphatic rings. The Hall–Kier alpha value is -3.74. The number of rotatable bonds is 5. The lowest BCUT2D eigenvalue weighted by molar-refractivity contribution is 0.415. The number of aromatic amines is 1. The fourth-order valence-corrected chi connectivity index (χ4v) is 3.13. The van der Waals surface area contributed by atoms with E-state index >= 15 is 0 Å². The molecule has 0 fully saturated rings. The fourth-order valence-electron chi connectivity index (χ4n) is 3.13. The van der Waals surface area contributed by atoms with Gasteiger partial charge in [-0.1, -0.05) is 18.2 Å². The largest absolute Gasteiger partial charge is 0.497 e. The minimum Gasteiger partial charge on any atom is -0.497 e. The molecule has 0 bridgehead atoms. The van der Waals surface area contributed by atoms with Gasteiger partial charge in [0.15, 0.2) is 5.82 Å². The Balaban J connectivity index is 1.86. The summed E-state index contributed by atoms with van der Waals surface area (Å²) in [5.74, 6) is 0.817. The van der Waals surface area contributed by atoms with E-state index in [0.29, 0.717) is 29.1 Å². The summed E-state index contributed by atoms with van der Waals surface area (Å²) < 4.78 is 19.5. The van der Waals surface area contributed by atoms with Gasteiger partial charge in [-0.25, -0.2) is 9.37 Å². The molecule has 0 spiro atoms. The van der Waals surface area contributed by atoms with Crippen LogP contribution in [0.2, 0.25) is 0 Å². The Bertz CT molecular complexity index is 1180. The van der Waals surface area contributed by atoms with E-state index in [1.54, 1.807) is 37.8 Å². The number of benzene rings is 2. The third kappa shape index (κ3) is 3.42. The van der Waals surface area contributed by atoms with E-state index in [1.165, 1.54) is 12.1 Å². The summed E-state index contributed by atoms with van der Waals surface area (Å²) in [6.07, 6.45) is 4.82. The topological polar surface area (TPSA) is 71.1 Å². The van der Waals surface area contributed by atoms with E-state index in [2.05, 4.69) is 15.0 Å². The van der Waals surface area contributed by atoms with Gasteiger partial charge in [-0.3, -0.25) is 9.78 Å². The third-order valence-electron chi connectivity index (χ3n) is 4.43. The molecular weight excluding hydrogens is 359 g/mol. The van der Waals surface area contributed by atoms with Crippen molar-refractivity contribution < 1.29 is 9.13 Å². The Labute approximate surface area is 160 Å². The predicted octanol–water partition coefficient (Wildman–Crippen LogP) is 3.80. The number of halogens is 1. The number of pyridine rings is 1. The van der Waals surface area contributed by atoms with Gasteiger partial charge in [0.05, 0.1) is 25.4 Å². The van der Waals surface area contributed by atoms with Gasteiger partial charge in [0.2, 0.25) is 5.56 Å². The molecule has 0 aliphatic carbocycles. The van der Waals surface area contributed by atoms with E-state index in [0.717, 1.165) is 5.69 Å². The average Bonchev–Trinajstić information content (AvgIpc) is 2.73. The molecule has 0 saturated heterocycles. The molecule has 2 aromatic heterocycles. The highest BCUT2D eigenvalue weighted by Crippen LogP contribution is 2.30. The van der Waals surface area contributed by atoms with Crippen molar-refractivity contribution in [2.75, 3.05) is 12.0 Å². The van der Waals surface area contributed by atoms with Gasteiger partial charge in [0.1, 0.15) is 11.6 Å². The molecule has 0 amide bonds. The fraction of sp³-hybridized carbons (Fsp3) is 0.0952. The summed E-state index contributed by atoms with van der Waals surface area (Å²) in [6, 6.07) is 13.7. The van der Waals surface area contributed by atoms with Crippen LogP contribution in [0.5, 0.6) is 5.75 Å². The van der Waals surface area contributed by atoms with Crippen molar-refractivity contribution in [3.05, 3.63) is 88.9 Å². The minimum atomic E-state index is -0.469. The lowest BCUT2D eigenvalue weighted by Gasteiger charge is -2.24. The van der Waals surface area contributed by atoms with Crippen molar-refractivity contribution >= 4 is 22.4 Å². The van der Waals surface area contributed by atoms with Crippen molar-refractivity contribution in [3.63, 3.8) is 0 Å². The summed E-state index contributed by atoms with van der Waals surface area (Å²) in [4.78, 5) is 25.1. The number of nitrogens with zero attached hydrogens (tertiary/aromatic N) is 3. The molecule has 28 heavy (non-hydrogen) atoms. The summed E-state index contributed by atoms with van der Waals surface area (Å²) in [7, 11) is 1.60. The van der Waals surface area contributed by atoms with Crippen LogP contribution in [-0.4, -0.2) is 22.1 Å². The lowest BCUT2D eigenvalue weighted by Crippen LogP contribution is -2.20. The second-order valence-electron chi connectivity index (χ2n) is 6.17. The number of H-pyrrole nitrogens is 1. The van der Waals surface area contributed by atoms with Gasteiger partial charge in [-0.05, 0) is 23.8 Å². The van der Waals surface area contributed by atoms with E-state index < -0.39 is 5.82 Å². The zero-order valence-electron chi connectivity index (χ0n) is 15.1. The van der Waals surface area contributed by atoms with Gasteiger partial charge in [0, 0.05) is 35.6 Å². The summed E-state index contributed by atoms with van der Waals surface area (Å²) in [5.41, 5.74) is 1.31. The van der Waals surface area contributed by atoms with Crippen molar-refractivity contribution in [1.29, 1.82) is 0 Å². The monoisotopic (exact) mass is 376 g/mol. The molecule has 4 aromatic rings. The first-order valence-corrected chi connectivity index (χ1v) is 8.64. The highest BCUT2D eigenvalue weighted by atomic mass is 19.1. The van der Waals surface area contributed by atoms with Crippen molar-refractivity contribution in [2.45, 2.75) is 6.54 Å². The molecule has 7 heteroatoms. The van der Waals surface area contributed by atoms with Crippen molar-refractivity contribution in [3.8, 4) is 5.75 Å². The molecule has 2 aromatic carbocycles. The number of para-hydroxylation sites is 1. The summed E-state index contributed by atoms with van der Waals surface area (Å²) in [5, 5.41) is 0.636. The molecule has 0 unspecified atom stereocenters. The van der Waals surface area contributed by atoms with E-state index in [-0.39, 0.29) is 11.1 Å². The maximum atomic E-state index is 14.2. The smallest absolute Gasteiger partial charge is 0.248 e. The number of hydrogen-bond donors (Lipinski definition) is 1. The number of ether oxygens (including phenoxy) is 1. The second-order valence-corrected chi connectivity index (χ2v) is 6.17. The Morgan fingerprint density at radius 3 is 2.79 bits per heavy atom. The van der Waals surface area contributed by atoms with Crippen LogP contribution in [0.15, 0.2) is 71.9 Å². The highest BCUT2D eigenvalue weighted by Gasteiger charge is 2.16. The number of anilines is 2. The van der Waals surface area contributed by atoms with Crippen LogP contribution >= 0.6 is 0 Å². The second kappa shape index (κ2) is 7.48. The molecule has 2 heterocycles. The van der Waals surface area contributed by atoms with E-state index in [1.807, 2.05) is 29.2 Å². The van der Waals surface area contributed by atoms with Gasteiger partial charge >= 0.3 is 0 Å². The molecule has 0 atom stereocenters. The van der Waals surface area contributed by atoms with Crippen LogP contribution in [0.1, 0.15) is 5.56 Å². The van der Waals surface area contributed by atoms with Gasteiger partial charge in [-0.15, -0.1) is 0 Å². The van der Waals surface area contributed by atoms with Crippen molar-refractivity contribution in [2.24, 2.45) is 0 Å². The first-order chi connectivity index (χ1) is 13.7.